The Kier molecular flexibility index (Phi) is 7.62. The van der Waals surface area contributed by atoms with E-state index in [4.69, 9.17) is 19.4 Å². The van der Waals surface area contributed by atoms with Gasteiger partial charge in [-0.3, -0.25) is 0 Å². The van der Waals surface area contributed by atoms with E-state index in [0.717, 1.165) is 49.9 Å². The molecule has 4 nitrogen and oxygen atoms in total. The Hall–Kier alpha value is -5.61. The van der Waals surface area contributed by atoms with Crippen LogP contribution in [-0.2, 0) is 10.8 Å². The summed E-state index contributed by atoms with van der Waals surface area (Å²) in [6, 6.07) is 29.5. The van der Waals surface area contributed by atoms with E-state index in [-0.39, 0.29) is 10.8 Å². The zero-order valence-electron chi connectivity index (χ0n) is 34.3. The summed E-state index contributed by atoms with van der Waals surface area (Å²) in [7, 11) is 0. The zero-order valence-corrected chi connectivity index (χ0v) is 34.3. The fourth-order valence-corrected chi connectivity index (χ4v) is 9.20. The lowest BCUT2D eigenvalue weighted by Crippen LogP contribution is -2.24. The number of nitrogens with zero attached hydrogens (tertiary/aromatic N) is 3. The molecule has 0 bridgehead atoms. The van der Waals surface area contributed by atoms with Gasteiger partial charge < -0.3 is 4.42 Å². The third-order valence-electron chi connectivity index (χ3n) is 11.5. The SMILES string of the molecule is Cc1cc(C)c(-c2cc3c4oc5ccccc5c4cc4c(-c5c(C)cc(C)cc5C)cc5c(-c6nc(C(C)(C)C)nc(C(C)(C)C)n6)ccc2c5c43)c(C)c1. The van der Waals surface area contributed by atoms with E-state index in [2.05, 4.69) is 162 Å². The number of hydrogen-bond acceptors (Lipinski definition) is 4. The van der Waals surface area contributed by atoms with Crippen molar-refractivity contribution < 1.29 is 4.42 Å². The van der Waals surface area contributed by atoms with Crippen LogP contribution in [0.3, 0.4) is 0 Å². The molecule has 0 N–H and O–H groups in total. The fraction of sp³-hybridized carbons (Fsp3) is 0.275. The molecule has 274 valence electrons. The van der Waals surface area contributed by atoms with Gasteiger partial charge in [-0.25, -0.2) is 15.0 Å². The van der Waals surface area contributed by atoms with Gasteiger partial charge in [0.15, 0.2) is 5.82 Å². The largest absolute Gasteiger partial charge is 0.455 e. The molecule has 0 saturated carbocycles. The lowest BCUT2D eigenvalue weighted by Gasteiger charge is -2.24. The van der Waals surface area contributed by atoms with Crippen LogP contribution in [-0.4, -0.2) is 15.0 Å². The van der Waals surface area contributed by atoms with Crippen LogP contribution in [0.5, 0.6) is 0 Å². The van der Waals surface area contributed by atoms with Crippen LogP contribution in [0.2, 0.25) is 0 Å². The summed E-state index contributed by atoms with van der Waals surface area (Å²) in [5, 5.41) is 9.39. The fourth-order valence-electron chi connectivity index (χ4n) is 9.20. The Morgan fingerprint density at radius 2 is 0.927 bits per heavy atom. The Bertz CT molecular complexity index is 2980. The maximum atomic E-state index is 6.88. The van der Waals surface area contributed by atoms with Crippen LogP contribution >= 0.6 is 0 Å². The van der Waals surface area contributed by atoms with Gasteiger partial charge in [0.05, 0.1) is 0 Å². The van der Waals surface area contributed by atoms with Gasteiger partial charge in [0, 0.05) is 37.9 Å². The van der Waals surface area contributed by atoms with Gasteiger partial charge in [-0.2, -0.15) is 0 Å². The summed E-state index contributed by atoms with van der Waals surface area (Å²) in [6.07, 6.45) is 0. The molecule has 0 fully saturated rings. The quantitative estimate of drug-likeness (QED) is 0.171. The molecule has 0 aliphatic carbocycles. The monoisotopic (exact) mass is 719 g/mol. The minimum absolute atomic E-state index is 0.261. The van der Waals surface area contributed by atoms with Crippen molar-refractivity contribution in [2.75, 3.05) is 0 Å². The van der Waals surface area contributed by atoms with Crippen molar-refractivity contribution in [1.29, 1.82) is 0 Å². The predicted molar refractivity (Wildman–Crippen MR) is 233 cm³/mol. The first kappa shape index (κ1) is 35.1. The first-order chi connectivity index (χ1) is 26.0. The molecule has 9 aromatic rings. The number of fused-ring (bicyclic) bond motifs is 4. The minimum Gasteiger partial charge on any atom is -0.455 e. The molecule has 4 heteroatoms. The summed E-state index contributed by atoms with van der Waals surface area (Å²) >= 11 is 0. The van der Waals surface area contributed by atoms with Crippen molar-refractivity contribution in [3.8, 4) is 33.6 Å². The van der Waals surface area contributed by atoms with Crippen LogP contribution in [0.15, 0.2) is 83.3 Å². The minimum atomic E-state index is -0.261. The van der Waals surface area contributed by atoms with Crippen LogP contribution in [0.1, 0.15) is 86.6 Å². The van der Waals surface area contributed by atoms with Crippen molar-refractivity contribution in [2.24, 2.45) is 0 Å². The van der Waals surface area contributed by atoms with Gasteiger partial charge in [-0.15, -0.1) is 0 Å². The second kappa shape index (κ2) is 11.9. The molecule has 0 radical (unpaired) electrons. The molecule has 2 aromatic heterocycles. The van der Waals surface area contributed by atoms with E-state index in [1.54, 1.807) is 0 Å². The Balaban J connectivity index is 1.56. The molecule has 0 amide bonds. The van der Waals surface area contributed by atoms with Gasteiger partial charge in [0.1, 0.15) is 22.8 Å². The molecular formula is C51H49N3O. The van der Waals surface area contributed by atoms with Crippen LogP contribution in [0.4, 0.5) is 0 Å². The average molecular weight is 720 g/mol. The van der Waals surface area contributed by atoms with Crippen LogP contribution < -0.4 is 0 Å². The highest BCUT2D eigenvalue weighted by Gasteiger charge is 2.29. The average Bonchev–Trinajstić information content (AvgIpc) is 3.48. The zero-order chi connectivity index (χ0) is 38.9. The number of rotatable bonds is 3. The van der Waals surface area contributed by atoms with Gasteiger partial charge in [0.2, 0.25) is 0 Å². The van der Waals surface area contributed by atoms with Crippen molar-refractivity contribution in [1.82, 2.24) is 15.0 Å². The summed E-state index contributed by atoms with van der Waals surface area (Å²) in [5.41, 5.74) is 14.9. The first-order valence-corrected chi connectivity index (χ1v) is 19.5. The molecule has 0 aliphatic heterocycles. The predicted octanol–water partition coefficient (Wildman–Crippen LogP) is 14.1. The van der Waals surface area contributed by atoms with Crippen molar-refractivity contribution in [2.45, 2.75) is 93.9 Å². The number of furan rings is 1. The van der Waals surface area contributed by atoms with E-state index in [9.17, 15) is 0 Å². The third kappa shape index (κ3) is 5.44. The van der Waals surface area contributed by atoms with Gasteiger partial charge >= 0.3 is 0 Å². The summed E-state index contributed by atoms with van der Waals surface area (Å²) in [5.74, 6) is 2.31. The van der Waals surface area contributed by atoms with Gasteiger partial charge in [-0.05, 0) is 138 Å². The lowest BCUT2D eigenvalue weighted by atomic mass is 9.81. The molecular weight excluding hydrogens is 671 g/mol. The smallest absolute Gasteiger partial charge is 0.164 e. The van der Waals surface area contributed by atoms with Gasteiger partial charge in [-0.1, -0.05) is 101 Å². The highest BCUT2D eigenvalue weighted by Crippen LogP contribution is 2.51. The summed E-state index contributed by atoms with van der Waals surface area (Å²) in [6.45, 7) is 26.4. The van der Waals surface area contributed by atoms with Crippen LogP contribution in [0, 0.1) is 41.5 Å². The van der Waals surface area contributed by atoms with Crippen molar-refractivity contribution >= 4 is 54.3 Å². The van der Waals surface area contributed by atoms with E-state index < -0.39 is 0 Å². The number of aromatic nitrogens is 3. The summed E-state index contributed by atoms with van der Waals surface area (Å²) in [4.78, 5) is 15.6. The highest BCUT2D eigenvalue weighted by molar-refractivity contribution is 6.36. The highest BCUT2D eigenvalue weighted by atomic mass is 16.3. The molecule has 55 heavy (non-hydrogen) atoms. The van der Waals surface area contributed by atoms with E-state index in [1.165, 1.54) is 77.2 Å². The second-order valence-corrected chi connectivity index (χ2v) is 18.1. The third-order valence-corrected chi connectivity index (χ3v) is 11.5. The molecule has 0 unspecified atom stereocenters. The Morgan fingerprint density at radius 3 is 1.49 bits per heavy atom. The number of hydrogen-bond donors (Lipinski definition) is 0. The van der Waals surface area contributed by atoms with E-state index in [1.807, 2.05) is 0 Å². The number of aryl methyl sites for hydroxylation is 6. The van der Waals surface area contributed by atoms with Crippen molar-refractivity contribution in [3.05, 3.63) is 124 Å². The standard InChI is InChI=1S/C51H49N3O/c1-26-19-28(3)42(29(4)20-26)35-25-40-45-38(24-39-32-15-13-14-16-41(32)55-46(39)40)37(43-30(5)21-27(2)22-31(43)6)23-36-34(18-17-33(35)44(36)45)47-52-48(50(7,8)9)54-49(53-47)51(10,11)12/h13-25H,1-12H3. The normalized spacial score (nSPS) is 12.7. The molecule has 0 atom stereocenters. The second-order valence-electron chi connectivity index (χ2n) is 18.1. The maximum absolute atomic E-state index is 6.88. The molecule has 0 saturated heterocycles. The summed E-state index contributed by atoms with van der Waals surface area (Å²) < 4.78 is 6.88. The molecule has 2 heterocycles. The lowest BCUT2D eigenvalue weighted by molar-refractivity contribution is 0.497. The first-order valence-electron chi connectivity index (χ1n) is 19.5. The molecule has 7 aromatic carbocycles. The topological polar surface area (TPSA) is 51.8 Å². The van der Waals surface area contributed by atoms with Crippen molar-refractivity contribution in [3.63, 3.8) is 0 Å². The van der Waals surface area contributed by atoms with E-state index in [0.29, 0.717) is 5.82 Å². The Labute approximate surface area is 324 Å². The Morgan fingerprint density at radius 1 is 0.436 bits per heavy atom. The molecule has 9 rings (SSSR count). The number of benzene rings is 7. The molecule has 0 spiro atoms. The van der Waals surface area contributed by atoms with Gasteiger partial charge in [0.25, 0.3) is 0 Å². The molecule has 0 aliphatic rings. The van der Waals surface area contributed by atoms with Crippen LogP contribution in [0.25, 0.3) is 87.9 Å². The van der Waals surface area contributed by atoms with E-state index >= 15 is 0 Å². The number of para-hydroxylation sites is 1. The maximum Gasteiger partial charge on any atom is 0.164 e.